The Bertz CT molecular complexity index is 1500. The number of nitrogen functional groups attached to an aromatic ring is 1. The summed E-state index contributed by atoms with van der Waals surface area (Å²) in [5.74, 6) is 1.66. The van der Waals surface area contributed by atoms with Gasteiger partial charge in [-0.2, -0.15) is 0 Å². The van der Waals surface area contributed by atoms with Crippen LogP contribution in [0.4, 0.5) is 0 Å². The van der Waals surface area contributed by atoms with E-state index in [0.29, 0.717) is 24.9 Å². The zero-order valence-electron chi connectivity index (χ0n) is 19.3. The summed E-state index contributed by atoms with van der Waals surface area (Å²) >= 11 is 0. The van der Waals surface area contributed by atoms with Crippen LogP contribution in [0.1, 0.15) is 41.2 Å². The summed E-state index contributed by atoms with van der Waals surface area (Å²) in [4.78, 5) is 28.2. The average Bonchev–Trinajstić information content (AvgIpc) is 3.45. The van der Waals surface area contributed by atoms with Crippen molar-refractivity contribution in [2.75, 3.05) is 0 Å². The number of hydrogen-bond donors (Lipinski definition) is 5. The lowest BCUT2D eigenvalue weighted by molar-refractivity contribution is -0.121. The predicted molar refractivity (Wildman–Crippen MR) is 137 cm³/mol. The zero-order valence-corrected chi connectivity index (χ0v) is 19.3. The van der Waals surface area contributed by atoms with E-state index in [1.165, 1.54) is 5.56 Å². The second-order valence-electron chi connectivity index (χ2n) is 8.66. The first-order valence-electron chi connectivity index (χ1n) is 11.6. The fourth-order valence-corrected chi connectivity index (χ4v) is 4.15. The van der Waals surface area contributed by atoms with Crippen LogP contribution in [0.3, 0.4) is 0 Å². The second-order valence-corrected chi connectivity index (χ2v) is 8.66. The third kappa shape index (κ3) is 5.38. The Morgan fingerprint density at radius 3 is 2.29 bits per heavy atom. The molecule has 0 aliphatic rings. The van der Waals surface area contributed by atoms with Gasteiger partial charge in [0.2, 0.25) is 5.91 Å². The highest BCUT2D eigenvalue weighted by molar-refractivity contribution is 5.97. The van der Waals surface area contributed by atoms with E-state index < -0.39 is 0 Å². The lowest BCUT2D eigenvalue weighted by Crippen LogP contribution is -2.22. The molecule has 0 saturated carbocycles. The molecule has 35 heavy (non-hydrogen) atoms. The number of aryl methyl sites for hydroxylation is 1. The second kappa shape index (κ2) is 9.80. The van der Waals surface area contributed by atoms with Crippen molar-refractivity contribution in [3.8, 4) is 0 Å². The molecule has 2 aromatic heterocycles. The molecule has 3 aromatic carbocycles. The van der Waals surface area contributed by atoms with Gasteiger partial charge in [-0.3, -0.25) is 10.2 Å². The van der Waals surface area contributed by atoms with Crippen molar-refractivity contribution < 1.29 is 4.79 Å². The molecule has 5 rings (SSSR count). The van der Waals surface area contributed by atoms with Crippen molar-refractivity contribution in [3.05, 3.63) is 95.1 Å². The van der Waals surface area contributed by atoms with Gasteiger partial charge in [-0.1, -0.05) is 36.4 Å². The molecular formula is C27H27N7O. The molecular weight excluding hydrogens is 438 g/mol. The van der Waals surface area contributed by atoms with Gasteiger partial charge < -0.3 is 21.0 Å². The van der Waals surface area contributed by atoms with E-state index in [0.717, 1.165) is 52.1 Å². The molecule has 5 aromatic rings. The van der Waals surface area contributed by atoms with E-state index in [1.807, 2.05) is 42.5 Å². The number of amides is 1. The van der Waals surface area contributed by atoms with Crippen LogP contribution in [-0.4, -0.2) is 31.7 Å². The van der Waals surface area contributed by atoms with Crippen molar-refractivity contribution in [1.29, 1.82) is 5.41 Å². The maximum absolute atomic E-state index is 12.2. The number of fused-ring (bicyclic) bond motifs is 2. The molecule has 0 bridgehead atoms. The Kier molecular flexibility index (Phi) is 6.26. The lowest BCUT2D eigenvalue weighted by Gasteiger charge is -2.06. The van der Waals surface area contributed by atoms with Gasteiger partial charge in [-0.25, -0.2) is 9.97 Å². The summed E-state index contributed by atoms with van der Waals surface area (Å²) in [6.45, 7) is 0.477. The number of H-pyrrole nitrogens is 2. The van der Waals surface area contributed by atoms with Crippen molar-refractivity contribution >= 4 is 33.8 Å². The first kappa shape index (κ1) is 22.3. The Labute approximate surface area is 202 Å². The highest BCUT2D eigenvalue weighted by Gasteiger charge is 2.10. The normalized spacial score (nSPS) is 11.2. The number of imidazole rings is 2. The molecule has 0 saturated heterocycles. The number of nitrogens with two attached hydrogens (primary N) is 1. The monoisotopic (exact) mass is 465 g/mol. The van der Waals surface area contributed by atoms with Gasteiger partial charge in [-0.15, -0.1) is 0 Å². The van der Waals surface area contributed by atoms with Crippen molar-refractivity contribution in [1.82, 2.24) is 25.3 Å². The molecule has 6 N–H and O–H groups in total. The van der Waals surface area contributed by atoms with Crippen LogP contribution in [0.2, 0.25) is 0 Å². The molecule has 176 valence electrons. The first-order chi connectivity index (χ1) is 17.0. The van der Waals surface area contributed by atoms with Crippen LogP contribution < -0.4 is 11.1 Å². The topological polar surface area (TPSA) is 136 Å². The maximum atomic E-state index is 12.2. The lowest BCUT2D eigenvalue weighted by atomic mass is 10.1. The number of nitrogens with zero attached hydrogens (tertiary/aromatic N) is 2. The summed E-state index contributed by atoms with van der Waals surface area (Å²) in [6, 6.07) is 21.7. The van der Waals surface area contributed by atoms with Gasteiger partial charge >= 0.3 is 0 Å². The molecule has 2 heterocycles. The molecule has 1 amide bonds. The summed E-state index contributed by atoms with van der Waals surface area (Å²) in [5, 5.41) is 10.6. The number of aromatic nitrogens is 4. The number of aromatic amines is 2. The number of benzene rings is 3. The predicted octanol–water partition coefficient (Wildman–Crippen LogP) is 3.95. The smallest absolute Gasteiger partial charge is 0.220 e. The molecule has 0 fully saturated rings. The van der Waals surface area contributed by atoms with Gasteiger partial charge in [0.1, 0.15) is 17.5 Å². The molecule has 0 atom stereocenters. The van der Waals surface area contributed by atoms with Crippen LogP contribution in [-0.2, 0) is 24.2 Å². The fraction of sp³-hybridized carbons (Fsp3) is 0.185. The minimum absolute atomic E-state index is 0.0212. The first-order valence-corrected chi connectivity index (χ1v) is 11.6. The van der Waals surface area contributed by atoms with Gasteiger partial charge in [0.25, 0.3) is 0 Å². The molecule has 0 aliphatic carbocycles. The van der Waals surface area contributed by atoms with Crippen molar-refractivity contribution in [3.63, 3.8) is 0 Å². The molecule has 0 unspecified atom stereocenters. The minimum atomic E-state index is 0.0212. The largest absolute Gasteiger partial charge is 0.384 e. The Morgan fingerprint density at radius 2 is 1.57 bits per heavy atom. The van der Waals surface area contributed by atoms with Gasteiger partial charge in [0, 0.05) is 18.5 Å². The van der Waals surface area contributed by atoms with Crippen molar-refractivity contribution in [2.45, 2.75) is 32.2 Å². The number of carbonyl (C=O) groups excluding carboxylic acids is 1. The van der Waals surface area contributed by atoms with Gasteiger partial charge in [0.15, 0.2) is 0 Å². The summed E-state index contributed by atoms with van der Waals surface area (Å²) < 4.78 is 0. The highest BCUT2D eigenvalue weighted by atomic mass is 16.1. The average molecular weight is 466 g/mol. The van der Waals surface area contributed by atoms with Crippen LogP contribution >= 0.6 is 0 Å². The van der Waals surface area contributed by atoms with E-state index in [4.69, 9.17) is 16.1 Å². The number of nitrogens with one attached hydrogen (secondary N) is 4. The molecule has 0 radical (unpaired) electrons. The van der Waals surface area contributed by atoms with E-state index in [2.05, 4.69) is 32.4 Å². The quantitative estimate of drug-likeness (QED) is 0.166. The van der Waals surface area contributed by atoms with E-state index in [9.17, 15) is 4.79 Å². The molecule has 8 nitrogen and oxygen atoms in total. The van der Waals surface area contributed by atoms with Crippen molar-refractivity contribution in [2.24, 2.45) is 5.73 Å². The fourth-order valence-electron chi connectivity index (χ4n) is 4.15. The number of hydrogen-bond acceptors (Lipinski definition) is 4. The van der Waals surface area contributed by atoms with E-state index in [1.54, 1.807) is 12.1 Å². The third-order valence-corrected chi connectivity index (χ3v) is 5.98. The Balaban J connectivity index is 1.18. The summed E-state index contributed by atoms with van der Waals surface area (Å²) in [6.07, 6.45) is 2.76. The standard InChI is InChI=1S/C27H27N7O/c28-27(29)19-10-12-21-23(14-19)34-25(32-21)15-24-31-20-11-9-18(13-22(20)33-24)16-30-26(35)8-4-7-17-5-2-1-3-6-17/h1-3,5-6,9-14H,4,7-8,15-16H2,(H3,28,29)(H,30,35)(H,31,33)(H,32,34). The molecule has 0 aliphatic heterocycles. The SMILES string of the molecule is N=C(N)c1ccc2[nH]c(Cc3nc4cc(CNC(=O)CCCc5ccccc5)ccc4[nH]3)nc2c1. The molecule has 8 heteroatoms. The van der Waals surface area contributed by atoms with Gasteiger partial charge in [-0.05, 0) is 54.3 Å². The van der Waals surface area contributed by atoms with Gasteiger partial charge in [0.05, 0.1) is 28.5 Å². The van der Waals surface area contributed by atoms with E-state index >= 15 is 0 Å². The summed E-state index contributed by atoms with van der Waals surface area (Å²) in [7, 11) is 0. The Hall–Kier alpha value is -4.46. The van der Waals surface area contributed by atoms with Crippen LogP contribution in [0, 0.1) is 5.41 Å². The van der Waals surface area contributed by atoms with Crippen LogP contribution in [0.15, 0.2) is 66.7 Å². The maximum Gasteiger partial charge on any atom is 0.220 e. The van der Waals surface area contributed by atoms with Crippen LogP contribution in [0.5, 0.6) is 0 Å². The molecule has 0 spiro atoms. The Morgan fingerprint density at radius 1 is 0.886 bits per heavy atom. The van der Waals surface area contributed by atoms with Crippen LogP contribution in [0.25, 0.3) is 22.1 Å². The number of rotatable bonds is 9. The number of carbonyl (C=O) groups is 1. The minimum Gasteiger partial charge on any atom is -0.384 e. The number of amidine groups is 1. The van der Waals surface area contributed by atoms with E-state index in [-0.39, 0.29) is 11.7 Å². The zero-order chi connectivity index (χ0) is 24.2. The summed E-state index contributed by atoms with van der Waals surface area (Å²) in [5.41, 5.74) is 11.9. The highest BCUT2D eigenvalue weighted by Crippen LogP contribution is 2.18. The third-order valence-electron chi connectivity index (χ3n) is 5.98.